The van der Waals surface area contributed by atoms with Gasteiger partial charge in [0, 0.05) is 0 Å². The Morgan fingerprint density at radius 3 is 1.61 bits per heavy atom. The van der Waals surface area contributed by atoms with Gasteiger partial charge in [-0.1, -0.05) is 53.3 Å². The van der Waals surface area contributed by atoms with E-state index in [1.54, 1.807) is 13.8 Å². The fourth-order valence-electron chi connectivity index (χ4n) is 1.94. The monoisotopic (exact) mass is 314 g/mol. The van der Waals surface area contributed by atoms with Gasteiger partial charge in [0.05, 0.1) is 6.10 Å². The minimum Gasteiger partial charge on any atom is -0.267 e. The number of hydrogen-bond donors (Lipinski definition) is 0. The fraction of sp³-hybridized carbons (Fsp3) is 1.00. The van der Waals surface area contributed by atoms with Crippen molar-refractivity contribution in [2.24, 2.45) is 0 Å². The fourth-order valence-corrected chi connectivity index (χ4v) is 10.8. The molecule has 0 saturated heterocycles. The molecule has 18 heavy (non-hydrogen) atoms. The van der Waals surface area contributed by atoms with E-state index in [9.17, 15) is 8.42 Å². The Bertz CT molecular complexity index is 407. The zero-order valence-electron chi connectivity index (χ0n) is 12.8. The Hall–Kier alpha value is 0.560. The highest BCUT2D eigenvalue weighted by Crippen LogP contribution is 2.67. The van der Waals surface area contributed by atoms with Crippen molar-refractivity contribution in [3.05, 3.63) is 0 Å². The van der Waals surface area contributed by atoms with Gasteiger partial charge in [-0.3, -0.25) is 4.18 Å². The van der Waals surface area contributed by atoms with Gasteiger partial charge in [-0.15, -0.1) is 0 Å². The largest absolute Gasteiger partial charge is 0.272 e. The van der Waals surface area contributed by atoms with Gasteiger partial charge in [0.1, 0.15) is 5.49 Å². The summed E-state index contributed by atoms with van der Waals surface area (Å²) in [5.41, 5.74) is -0.0273. The van der Waals surface area contributed by atoms with Crippen LogP contribution in [0.1, 0.15) is 55.4 Å². The van der Waals surface area contributed by atoms with Gasteiger partial charge in [-0.2, -0.15) is 8.42 Å². The number of rotatable bonds is 4. The van der Waals surface area contributed by atoms with Crippen molar-refractivity contribution >= 4 is 28.0 Å². The molecule has 6 heteroatoms. The molecule has 0 aromatic rings. The molecule has 0 N–H and O–H groups in total. The van der Waals surface area contributed by atoms with Gasteiger partial charge in [-0.25, -0.2) is 0 Å². The zero-order valence-corrected chi connectivity index (χ0v) is 15.3. The molecule has 0 unspecified atom stereocenters. The van der Waals surface area contributed by atoms with E-state index in [1.807, 2.05) is 41.5 Å². The average molecular weight is 314 g/mol. The Balaban J connectivity index is 5.52. The molecule has 0 aromatic heterocycles. The topological polar surface area (TPSA) is 43.4 Å². The van der Waals surface area contributed by atoms with Crippen LogP contribution in [0.15, 0.2) is 0 Å². The standard InChI is InChI=1S/C12H27O3PS2/c1-10(2)15-18(13,14)9-16(17,11(3,4)5)12(6,7)8/h10H,9H2,1-8H3. The van der Waals surface area contributed by atoms with E-state index >= 15 is 0 Å². The second kappa shape index (κ2) is 5.51. The van der Waals surface area contributed by atoms with E-state index < -0.39 is 16.2 Å². The van der Waals surface area contributed by atoms with Crippen molar-refractivity contribution < 1.29 is 12.6 Å². The minimum atomic E-state index is -3.56. The van der Waals surface area contributed by atoms with Crippen LogP contribution in [0.4, 0.5) is 0 Å². The average Bonchev–Trinajstić information content (AvgIpc) is 1.94. The lowest BCUT2D eigenvalue weighted by Crippen LogP contribution is -2.33. The first-order valence-electron chi connectivity index (χ1n) is 6.13. The molecule has 0 aromatic carbocycles. The van der Waals surface area contributed by atoms with Crippen LogP contribution in [0.3, 0.4) is 0 Å². The first kappa shape index (κ1) is 18.6. The molecule has 0 rings (SSSR count). The van der Waals surface area contributed by atoms with Crippen LogP contribution in [0, 0.1) is 0 Å². The Morgan fingerprint density at radius 2 is 1.39 bits per heavy atom. The lowest BCUT2D eigenvalue weighted by atomic mass is 10.2. The van der Waals surface area contributed by atoms with E-state index in [0.717, 1.165) is 0 Å². The summed E-state index contributed by atoms with van der Waals surface area (Å²) in [5.74, 6) is 0. The lowest BCUT2D eigenvalue weighted by Gasteiger charge is -2.44. The SMILES string of the molecule is CC(C)OS(=O)(=O)CP(=S)(C(C)(C)C)C(C)(C)C. The summed E-state index contributed by atoms with van der Waals surface area (Å²) in [6, 6.07) is -2.14. The number of hydrogen-bond acceptors (Lipinski definition) is 4. The molecule has 3 nitrogen and oxygen atoms in total. The van der Waals surface area contributed by atoms with Crippen LogP contribution >= 0.6 is 6.04 Å². The van der Waals surface area contributed by atoms with Gasteiger partial charge < -0.3 is 0 Å². The third-order valence-electron chi connectivity index (χ3n) is 2.85. The molecule has 110 valence electrons. The second-order valence-electron chi connectivity index (χ2n) is 6.91. The van der Waals surface area contributed by atoms with Gasteiger partial charge in [0.15, 0.2) is 0 Å². The molecule has 0 aliphatic carbocycles. The molecule has 0 atom stereocenters. The van der Waals surface area contributed by atoms with Crippen LogP contribution in [-0.2, 0) is 26.1 Å². The van der Waals surface area contributed by atoms with Gasteiger partial charge >= 0.3 is 0 Å². The second-order valence-corrected chi connectivity index (χ2v) is 15.3. The summed E-state index contributed by atoms with van der Waals surface area (Å²) in [6.07, 6.45) is -0.335. The predicted molar refractivity (Wildman–Crippen MR) is 83.8 cm³/mol. The van der Waals surface area contributed by atoms with E-state index in [1.165, 1.54) is 0 Å². The molecular formula is C12H27O3PS2. The van der Waals surface area contributed by atoms with Crippen molar-refractivity contribution in [2.45, 2.75) is 71.8 Å². The maximum atomic E-state index is 12.1. The van der Waals surface area contributed by atoms with Crippen molar-refractivity contribution in [1.29, 1.82) is 0 Å². The summed E-state index contributed by atoms with van der Waals surface area (Å²) < 4.78 is 29.2. The molecule has 0 aliphatic rings. The van der Waals surface area contributed by atoms with Crippen molar-refractivity contribution in [2.75, 3.05) is 5.49 Å². The van der Waals surface area contributed by atoms with Crippen LogP contribution in [0.2, 0.25) is 0 Å². The maximum Gasteiger partial charge on any atom is 0.272 e. The van der Waals surface area contributed by atoms with Gasteiger partial charge in [0.25, 0.3) is 10.1 Å². The van der Waals surface area contributed by atoms with Gasteiger partial charge in [-0.05, 0) is 30.2 Å². The minimum absolute atomic E-state index is 0.0273. The highest BCUT2D eigenvalue weighted by molar-refractivity contribution is 8.20. The van der Waals surface area contributed by atoms with E-state index in [-0.39, 0.29) is 21.9 Å². The molecule has 0 bridgehead atoms. The van der Waals surface area contributed by atoms with Crippen LogP contribution < -0.4 is 0 Å². The predicted octanol–water partition coefficient (Wildman–Crippen LogP) is 3.78. The Morgan fingerprint density at radius 1 is 1.06 bits per heavy atom. The first-order chi connectivity index (χ1) is 7.62. The Labute approximate surface area is 118 Å². The van der Waals surface area contributed by atoms with Crippen molar-refractivity contribution in [3.8, 4) is 0 Å². The molecule has 0 amide bonds. The normalized spacial score (nSPS) is 15.2. The third kappa shape index (κ3) is 4.59. The molecule has 0 saturated carbocycles. The van der Waals surface area contributed by atoms with Gasteiger partial charge in [0.2, 0.25) is 0 Å². The molecule has 0 heterocycles. The van der Waals surface area contributed by atoms with Crippen LogP contribution in [0.25, 0.3) is 0 Å². The van der Waals surface area contributed by atoms with Crippen LogP contribution in [-0.4, -0.2) is 30.3 Å². The van der Waals surface area contributed by atoms with Crippen molar-refractivity contribution in [1.82, 2.24) is 0 Å². The molecule has 0 fully saturated rings. The lowest BCUT2D eigenvalue weighted by molar-refractivity contribution is 0.251. The molecule has 0 aliphatic heterocycles. The zero-order chi connectivity index (χ0) is 15.0. The summed E-state index contributed by atoms with van der Waals surface area (Å²) in [6.45, 7) is 15.6. The summed E-state index contributed by atoms with van der Waals surface area (Å²) in [7, 11) is -3.56. The Kier molecular flexibility index (Phi) is 5.68. The summed E-state index contributed by atoms with van der Waals surface area (Å²) in [4.78, 5) is 0. The summed E-state index contributed by atoms with van der Waals surface area (Å²) >= 11 is 5.83. The van der Waals surface area contributed by atoms with Crippen LogP contribution in [0.5, 0.6) is 0 Å². The first-order valence-corrected chi connectivity index (χ1v) is 10.7. The highest BCUT2D eigenvalue weighted by atomic mass is 32.4. The smallest absolute Gasteiger partial charge is 0.267 e. The maximum absolute atomic E-state index is 12.1. The van der Waals surface area contributed by atoms with E-state index in [0.29, 0.717) is 0 Å². The quantitative estimate of drug-likeness (QED) is 0.585. The van der Waals surface area contributed by atoms with E-state index in [4.69, 9.17) is 16.0 Å². The molecule has 0 radical (unpaired) electrons. The third-order valence-corrected chi connectivity index (χ3v) is 14.8. The van der Waals surface area contributed by atoms with Crippen molar-refractivity contribution in [3.63, 3.8) is 0 Å². The molecular weight excluding hydrogens is 287 g/mol. The van der Waals surface area contributed by atoms with E-state index in [2.05, 4.69) is 0 Å². The summed E-state index contributed by atoms with van der Waals surface area (Å²) in [5, 5.41) is -0.401. The molecule has 0 spiro atoms. The highest BCUT2D eigenvalue weighted by Gasteiger charge is 2.44.